The molecule has 3 fully saturated rings. The minimum absolute atomic E-state index is 0.0129. The molecule has 0 radical (unpaired) electrons. The Labute approximate surface area is 163 Å². The zero-order valence-electron chi connectivity index (χ0n) is 17.5. The molecule has 5 heteroatoms. The number of carboxylic acid groups (broad SMARTS) is 1. The van der Waals surface area contributed by atoms with E-state index in [4.69, 9.17) is 0 Å². The van der Waals surface area contributed by atoms with Crippen LogP contribution >= 0.6 is 0 Å². The number of aliphatic carboxylic acids is 1. The van der Waals surface area contributed by atoms with Crippen molar-refractivity contribution in [3.05, 3.63) is 0 Å². The van der Waals surface area contributed by atoms with E-state index in [-0.39, 0.29) is 40.4 Å². The molecule has 0 aliphatic heterocycles. The minimum Gasteiger partial charge on any atom is -0.481 e. The fourth-order valence-electron chi connectivity index (χ4n) is 7.97. The summed E-state index contributed by atoms with van der Waals surface area (Å²) < 4.78 is 0. The summed E-state index contributed by atoms with van der Waals surface area (Å²) in [5.74, 6) is -0.812. The van der Waals surface area contributed by atoms with Crippen LogP contribution in [0.3, 0.4) is 0 Å². The largest absolute Gasteiger partial charge is 0.481 e. The van der Waals surface area contributed by atoms with Gasteiger partial charge in [-0.1, -0.05) is 20.8 Å². The van der Waals surface area contributed by atoms with Crippen molar-refractivity contribution in [3.8, 4) is 0 Å². The molecule has 3 rings (SSSR count). The first-order valence-corrected chi connectivity index (χ1v) is 10.6. The van der Waals surface area contributed by atoms with Gasteiger partial charge in [0.05, 0.1) is 17.8 Å². The first kappa shape index (κ1) is 21.1. The number of carboxylic acids is 1. The Bertz CT molecular complexity index is 598. The summed E-state index contributed by atoms with van der Waals surface area (Å²) >= 11 is 0. The monoisotopic (exact) mass is 382 g/mol. The van der Waals surface area contributed by atoms with Gasteiger partial charge in [0.25, 0.3) is 0 Å². The average Bonchev–Trinajstić information content (AvgIpc) is 2.85. The van der Waals surface area contributed by atoms with Crippen LogP contribution in [0.5, 0.6) is 0 Å². The van der Waals surface area contributed by atoms with Crippen LogP contribution in [0.15, 0.2) is 0 Å². The molecule has 5 nitrogen and oxygen atoms in total. The predicted octanol–water partition coefficient (Wildman–Crippen LogP) is 3.20. The zero-order chi connectivity index (χ0) is 20.4. The van der Waals surface area contributed by atoms with E-state index in [1.807, 2.05) is 13.8 Å². The molecule has 3 saturated carbocycles. The predicted molar refractivity (Wildman–Crippen MR) is 103 cm³/mol. The van der Waals surface area contributed by atoms with Crippen molar-refractivity contribution in [2.75, 3.05) is 0 Å². The second kappa shape index (κ2) is 6.43. The van der Waals surface area contributed by atoms with Crippen molar-refractivity contribution < 1.29 is 25.2 Å². The Kier molecular flexibility index (Phi) is 5.02. The average molecular weight is 383 g/mol. The maximum atomic E-state index is 11.4. The van der Waals surface area contributed by atoms with E-state index in [0.29, 0.717) is 12.8 Å². The van der Waals surface area contributed by atoms with Gasteiger partial charge in [0.2, 0.25) is 0 Å². The summed E-state index contributed by atoms with van der Waals surface area (Å²) in [6.07, 6.45) is 3.54. The molecule has 4 N–H and O–H groups in total. The highest BCUT2D eigenvalue weighted by atomic mass is 16.4. The van der Waals surface area contributed by atoms with Gasteiger partial charge in [-0.2, -0.15) is 0 Å². The molecule has 8 atom stereocenters. The normalized spacial score (nSPS) is 50.1. The van der Waals surface area contributed by atoms with Crippen LogP contribution in [-0.4, -0.2) is 44.2 Å². The highest BCUT2D eigenvalue weighted by Gasteiger charge is 2.69. The van der Waals surface area contributed by atoms with Crippen LogP contribution in [0.25, 0.3) is 0 Å². The van der Waals surface area contributed by atoms with Crippen molar-refractivity contribution >= 4 is 5.97 Å². The van der Waals surface area contributed by atoms with E-state index in [2.05, 4.69) is 20.8 Å². The van der Waals surface area contributed by atoms with E-state index in [9.17, 15) is 25.2 Å². The van der Waals surface area contributed by atoms with Crippen molar-refractivity contribution in [2.24, 2.45) is 34.0 Å². The Balaban J connectivity index is 2.07. The van der Waals surface area contributed by atoms with Crippen LogP contribution in [0, 0.1) is 34.0 Å². The lowest BCUT2D eigenvalue weighted by atomic mass is 9.37. The van der Waals surface area contributed by atoms with Gasteiger partial charge in [-0.25, -0.2) is 0 Å². The van der Waals surface area contributed by atoms with Gasteiger partial charge in [0.15, 0.2) is 0 Å². The third-order valence-electron chi connectivity index (χ3n) is 9.35. The maximum Gasteiger partial charge on any atom is 0.303 e. The Hall–Kier alpha value is -0.650. The van der Waals surface area contributed by atoms with Gasteiger partial charge in [-0.15, -0.1) is 0 Å². The molecule has 0 aromatic rings. The third kappa shape index (κ3) is 2.96. The zero-order valence-corrected chi connectivity index (χ0v) is 17.5. The Morgan fingerprint density at radius 1 is 1.04 bits per heavy atom. The smallest absolute Gasteiger partial charge is 0.303 e. The summed E-state index contributed by atoms with van der Waals surface area (Å²) in [4.78, 5) is 11.4. The van der Waals surface area contributed by atoms with Crippen LogP contribution in [-0.2, 0) is 4.79 Å². The number of aliphatic hydroxyl groups excluding tert-OH is 2. The van der Waals surface area contributed by atoms with Gasteiger partial charge in [-0.05, 0) is 80.5 Å². The van der Waals surface area contributed by atoms with Gasteiger partial charge < -0.3 is 20.4 Å². The molecule has 156 valence electrons. The van der Waals surface area contributed by atoms with Crippen molar-refractivity contribution in [1.82, 2.24) is 0 Å². The lowest BCUT2D eigenvalue weighted by molar-refractivity contribution is -0.231. The third-order valence-corrected chi connectivity index (χ3v) is 9.35. The lowest BCUT2D eigenvalue weighted by Gasteiger charge is -2.68. The van der Waals surface area contributed by atoms with E-state index in [1.165, 1.54) is 0 Å². The van der Waals surface area contributed by atoms with Crippen molar-refractivity contribution in [1.29, 1.82) is 0 Å². The van der Waals surface area contributed by atoms with Gasteiger partial charge in [0.1, 0.15) is 0 Å². The first-order chi connectivity index (χ1) is 12.3. The number of rotatable bonds is 4. The molecule has 0 aromatic carbocycles. The Morgan fingerprint density at radius 2 is 1.63 bits per heavy atom. The van der Waals surface area contributed by atoms with E-state index in [0.717, 1.165) is 25.7 Å². The number of aliphatic hydroxyl groups is 3. The van der Waals surface area contributed by atoms with Crippen LogP contribution in [0.2, 0.25) is 0 Å². The number of carbonyl (C=O) groups is 1. The van der Waals surface area contributed by atoms with Crippen molar-refractivity contribution in [3.63, 3.8) is 0 Å². The second-order valence-electron chi connectivity index (χ2n) is 11.0. The lowest BCUT2D eigenvalue weighted by Crippen LogP contribution is -2.65. The number of hydrogen-bond donors (Lipinski definition) is 4. The molecule has 0 heterocycles. The molecule has 0 amide bonds. The van der Waals surface area contributed by atoms with Crippen LogP contribution in [0.1, 0.15) is 79.6 Å². The van der Waals surface area contributed by atoms with Gasteiger partial charge >= 0.3 is 5.97 Å². The quantitative estimate of drug-likeness (QED) is 0.598. The summed E-state index contributed by atoms with van der Waals surface area (Å²) in [5, 5.41) is 41.9. The van der Waals surface area contributed by atoms with E-state index in [1.54, 1.807) is 0 Å². The summed E-state index contributed by atoms with van der Waals surface area (Å²) in [6.45, 7) is 10.3. The second-order valence-corrected chi connectivity index (χ2v) is 11.0. The molecule has 0 unspecified atom stereocenters. The highest BCUT2D eigenvalue weighted by molar-refractivity contribution is 5.66. The van der Waals surface area contributed by atoms with Crippen LogP contribution in [0.4, 0.5) is 0 Å². The molecule has 3 aliphatic rings. The molecule has 0 aromatic heterocycles. The molecular weight excluding hydrogens is 344 g/mol. The van der Waals surface area contributed by atoms with Gasteiger partial charge in [0, 0.05) is 12.3 Å². The minimum atomic E-state index is -0.896. The standard InChI is InChI=1S/C22H38O5/c1-19(2,27)15-7-11-21(4)16(20(15,3)9-8-17(25)26)12-14(24)18-13(23)6-10-22(18,21)5/h13-16,18,23-24,27H,6-12H2,1-5H3,(H,25,26)/t13-,14+,15-,16+,18-,20-,21+,22+/m0/s1. The molecular formula is C22H38O5. The fourth-order valence-corrected chi connectivity index (χ4v) is 7.97. The maximum absolute atomic E-state index is 11.4. The summed E-state index contributed by atoms with van der Waals surface area (Å²) in [7, 11) is 0. The topological polar surface area (TPSA) is 98.0 Å². The number of fused-ring (bicyclic) bond motifs is 3. The van der Waals surface area contributed by atoms with Gasteiger partial charge in [-0.3, -0.25) is 4.79 Å². The summed E-state index contributed by atoms with van der Waals surface area (Å²) in [5.41, 5.74) is -1.51. The molecule has 0 saturated heterocycles. The molecule has 27 heavy (non-hydrogen) atoms. The fraction of sp³-hybridized carbons (Fsp3) is 0.955. The summed E-state index contributed by atoms with van der Waals surface area (Å²) in [6, 6.07) is 0. The molecule has 0 spiro atoms. The van der Waals surface area contributed by atoms with E-state index < -0.39 is 23.8 Å². The Morgan fingerprint density at radius 3 is 2.19 bits per heavy atom. The molecule has 3 aliphatic carbocycles. The van der Waals surface area contributed by atoms with E-state index >= 15 is 0 Å². The van der Waals surface area contributed by atoms with Crippen LogP contribution < -0.4 is 0 Å². The first-order valence-electron chi connectivity index (χ1n) is 10.6. The highest BCUT2D eigenvalue weighted by Crippen LogP contribution is 2.72. The van der Waals surface area contributed by atoms with Crippen molar-refractivity contribution in [2.45, 2.75) is 97.4 Å². The number of hydrogen-bond acceptors (Lipinski definition) is 4. The SMILES string of the molecule is CC(C)(O)[C@@H]1CC[C@]2(C)[C@H](C[C@@H](O)[C@@H]3[C@@H](O)CC[C@]32C)[C@@]1(C)CCC(=O)O. The molecule has 0 bridgehead atoms.